The first-order chi connectivity index (χ1) is 7.20. The van der Waals surface area contributed by atoms with E-state index in [0.717, 1.165) is 0 Å². The summed E-state index contributed by atoms with van der Waals surface area (Å²) < 4.78 is 4.54. The molecule has 2 rings (SSSR count). The quantitative estimate of drug-likeness (QED) is 0.687. The van der Waals surface area contributed by atoms with Crippen molar-refractivity contribution in [3.05, 3.63) is 0 Å². The van der Waals surface area contributed by atoms with Crippen LogP contribution in [0.3, 0.4) is 0 Å². The van der Waals surface area contributed by atoms with E-state index in [0.29, 0.717) is 12.5 Å². The molecular formula is C10H16N2O3. The molecule has 0 aromatic heterocycles. The first-order valence-electron chi connectivity index (χ1n) is 5.33. The zero-order valence-electron chi connectivity index (χ0n) is 8.86. The molecule has 1 atom stereocenters. The van der Waals surface area contributed by atoms with Gasteiger partial charge in [-0.05, 0) is 18.8 Å². The van der Waals surface area contributed by atoms with Gasteiger partial charge in [0.2, 0.25) is 0 Å². The summed E-state index contributed by atoms with van der Waals surface area (Å²) in [5.74, 6) is 0.246. The molecule has 1 saturated carbocycles. The third kappa shape index (κ3) is 2.06. The second kappa shape index (κ2) is 4.08. The molecule has 0 spiro atoms. The topological polar surface area (TPSA) is 58.6 Å². The van der Waals surface area contributed by atoms with Gasteiger partial charge in [-0.2, -0.15) is 0 Å². The maximum absolute atomic E-state index is 11.5. The Bertz CT molecular complexity index is 276. The Kier molecular flexibility index (Phi) is 2.79. The number of nitrogens with one attached hydrogen (secondary N) is 1. The molecule has 2 amide bonds. The summed E-state index contributed by atoms with van der Waals surface area (Å²) in [7, 11) is 1.33. The minimum Gasteiger partial charge on any atom is -0.468 e. The van der Waals surface area contributed by atoms with E-state index in [2.05, 4.69) is 10.1 Å². The number of carbonyl (C=O) groups is 2. The maximum atomic E-state index is 11.5. The van der Waals surface area contributed by atoms with Gasteiger partial charge in [0, 0.05) is 6.54 Å². The van der Waals surface area contributed by atoms with Gasteiger partial charge in [0.15, 0.2) is 0 Å². The molecule has 1 unspecified atom stereocenters. The summed E-state index contributed by atoms with van der Waals surface area (Å²) in [6.45, 7) is 0.699. The Morgan fingerprint density at radius 3 is 2.87 bits per heavy atom. The number of hydrogen-bond donors (Lipinski definition) is 1. The highest BCUT2D eigenvalue weighted by Gasteiger charge is 2.37. The Morgan fingerprint density at radius 2 is 2.33 bits per heavy atom. The van der Waals surface area contributed by atoms with Crippen molar-refractivity contribution in [1.82, 2.24) is 10.2 Å². The number of rotatable bonds is 3. The normalized spacial score (nSPS) is 26.1. The van der Waals surface area contributed by atoms with Crippen LogP contribution in [0.2, 0.25) is 0 Å². The van der Waals surface area contributed by atoms with E-state index in [1.165, 1.54) is 31.3 Å². The van der Waals surface area contributed by atoms with Crippen molar-refractivity contribution in [3.63, 3.8) is 0 Å². The third-order valence-corrected chi connectivity index (χ3v) is 3.28. The van der Waals surface area contributed by atoms with E-state index in [-0.39, 0.29) is 24.6 Å². The summed E-state index contributed by atoms with van der Waals surface area (Å²) >= 11 is 0. The Morgan fingerprint density at radius 1 is 1.60 bits per heavy atom. The van der Waals surface area contributed by atoms with E-state index in [9.17, 15) is 9.59 Å². The summed E-state index contributed by atoms with van der Waals surface area (Å²) in [6, 6.07) is 0.0909. The van der Waals surface area contributed by atoms with Crippen LogP contribution in [-0.2, 0) is 9.53 Å². The highest BCUT2D eigenvalue weighted by Crippen LogP contribution is 2.31. The van der Waals surface area contributed by atoms with E-state index in [1.54, 1.807) is 0 Å². The molecule has 1 aliphatic heterocycles. The zero-order valence-corrected chi connectivity index (χ0v) is 8.86. The highest BCUT2D eigenvalue weighted by atomic mass is 16.5. The summed E-state index contributed by atoms with van der Waals surface area (Å²) in [4.78, 5) is 24.0. The SMILES string of the molecule is COC(=O)CN1CC(C2CCC2)NC1=O. The molecule has 2 fully saturated rings. The Balaban J connectivity index is 1.86. The summed E-state index contributed by atoms with van der Waals surface area (Å²) in [5, 5.41) is 2.91. The minimum atomic E-state index is -0.362. The van der Waals surface area contributed by atoms with Crippen LogP contribution in [0.25, 0.3) is 0 Å². The second-order valence-electron chi connectivity index (χ2n) is 4.20. The van der Waals surface area contributed by atoms with E-state index in [1.807, 2.05) is 0 Å². The molecule has 15 heavy (non-hydrogen) atoms. The Labute approximate surface area is 88.8 Å². The first kappa shape index (κ1) is 10.3. The first-order valence-corrected chi connectivity index (χ1v) is 5.33. The van der Waals surface area contributed by atoms with Crippen molar-refractivity contribution < 1.29 is 14.3 Å². The molecule has 5 nitrogen and oxygen atoms in total. The van der Waals surface area contributed by atoms with Gasteiger partial charge in [-0.15, -0.1) is 0 Å². The number of methoxy groups -OCH3 is 1. The highest BCUT2D eigenvalue weighted by molar-refractivity contribution is 5.82. The maximum Gasteiger partial charge on any atom is 0.325 e. The number of carbonyl (C=O) groups excluding carboxylic acids is 2. The molecule has 0 radical (unpaired) electrons. The lowest BCUT2D eigenvalue weighted by Gasteiger charge is -2.30. The van der Waals surface area contributed by atoms with Crippen molar-refractivity contribution in [2.45, 2.75) is 25.3 Å². The van der Waals surface area contributed by atoms with Crippen LogP contribution in [0.1, 0.15) is 19.3 Å². The van der Waals surface area contributed by atoms with Gasteiger partial charge in [-0.3, -0.25) is 4.79 Å². The van der Waals surface area contributed by atoms with E-state index < -0.39 is 0 Å². The third-order valence-electron chi connectivity index (χ3n) is 3.28. The molecule has 1 heterocycles. The van der Waals surface area contributed by atoms with Crippen LogP contribution in [0, 0.1) is 5.92 Å². The summed E-state index contributed by atoms with van der Waals surface area (Å²) in [6.07, 6.45) is 3.64. The predicted molar refractivity (Wildman–Crippen MR) is 53.2 cm³/mol. The van der Waals surface area contributed by atoms with Crippen molar-refractivity contribution in [3.8, 4) is 0 Å². The minimum absolute atomic E-state index is 0.0611. The lowest BCUT2D eigenvalue weighted by atomic mass is 9.80. The second-order valence-corrected chi connectivity index (χ2v) is 4.20. The number of amides is 2. The van der Waals surface area contributed by atoms with Gasteiger partial charge in [0.1, 0.15) is 6.54 Å². The number of hydrogen-bond acceptors (Lipinski definition) is 3. The molecule has 2 aliphatic rings. The molecule has 0 bridgehead atoms. The van der Waals surface area contributed by atoms with Crippen molar-refractivity contribution in [1.29, 1.82) is 0 Å². The smallest absolute Gasteiger partial charge is 0.325 e. The monoisotopic (exact) mass is 212 g/mol. The molecule has 1 aliphatic carbocycles. The van der Waals surface area contributed by atoms with Crippen LogP contribution < -0.4 is 5.32 Å². The standard InChI is InChI=1S/C10H16N2O3/c1-15-9(13)6-12-5-8(11-10(12)14)7-3-2-4-7/h7-8H,2-6H2,1H3,(H,11,14). The van der Waals surface area contributed by atoms with Crippen molar-refractivity contribution >= 4 is 12.0 Å². The lowest BCUT2D eigenvalue weighted by Crippen LogP contribution is -2.37. The van der Waals surface area contributed by atoms with Crippen LogP contribution in [0.4, 0.5) is 4.79 Å². The largest absolute Gasteiger partial charge is 0.468 e. The average Bonchev–Trinajstić information content (AvgIpc) is 2.44. The average molecular weight is 212 g/mol. The Hall–Kier alpha value is -1.26. The molecule has 84 valence electrons. The molecule has 0 aromatic rings. The van der Waals surface area contributed by atoms with E-state index in [4.69, 9.17) is 0 Å². The molecule has 1 saturated heterocycles. The molecule has 1 N–H and O–H groups in total. The van der Waals surface area contributed by atoms with Gasteiger partial charge in [0.25, 0.3) is 0 Å². The summed E-state index contributed by atoms with van der Waals surface area (Å²) in [5.41, 5.74) is 0. The van der Waals surface area contributed by atoms with Crippen LogP contribution in [0.5, 0.6) is 0 Å². The molecule has 0 aromatic carbocycles. The van der Waals surface area contributed by atoms with Crippen molar-refractivity contribution in [2.24, 2.45) is 5.92 Å². The van der Waals surface area contributed by atoms with Gasteiger partial charge in [-0.25, -0.2) is 4.79 Å². The van der Waals surface area contributed by atoms with Gasteiger partial charge >= 0.3 is 12.0 Å². The van der Waals surface area contributed by atoms with Crippen molar-refractivity contribution in [2.75, 3.05) is 20.2 Å². The van der Waals surface area contributed by atoms with Gasteiger partial charge in [0.05, 0.1) is 13.2 Å². The van der Waals surface area contributed by atoms with E-state index >= 15 is 0 Å². The van der Waals surface area contributed by atoms with Crippen LogP contribution in [-0.4, -0.2) is 43.1 Å². The zero-order chi connectivity index (χ0) is 10.8. The fourth-order valence-corrected chi connectivity index (χ4v) is 2.08. The fraction of sp³-hybridized carbons (Fsp3) is 0.800. The molecular weight excluding hydrogens is 196 g/mol. The van der Waals surface area contributed by atoms with Gasteiger partial charge in [-0.1, -0.05) is 6.42 Å². The number of nitrogens with zero attached hydrogens (tertiary/aromatic N) is 1. The predicted octanol–water partition coefficient (Wildman–Crippen LogP) is 0.353. The van der Waals surface area contributed by atoms with Crippen LogP contribution in [0.15, 0.2) is 0 Å². The van der Waals surface area contributed by atoms with Gasteiger partial charge < -0.3 is 15.0 Å². The number of ether oxygens (including phenoxy) is 1. The lowest BCUT2D eigenvalue weighted by molar-refractivity contribution is -0.141. The van der Waals surface area contributed by atoms with Crippen LogP contribution >= 0.6 is 0 Å². The number of esters is 1. The fourth-order valence-electron chi connectivity index (χ4n) is 2.08. The molecule has 5 heteroatoms. The number of urea groups is 1.